The molecule has 0 radical (unpaired) electrons. The highest BCUT2D eigenvalue weighted by Gasteiger charge is 2.44. The second-order valence-electron chi connectivity index (χ2n) is 11.2. The first kappa shape index (κ1) is 29.7. The molecule has 0 saturated heterocycles. The van der Waals surface area contributed by atoms with Crippen molar-refractivity contribution in [2.24, 2.45) is 0 Å². The van der Waals surface area contributed by atoms with E-state index in [1.165, 1.54) is 5.56 Å². The third-order valence-electron chi connectivity index (χ3n) is 6.44. The molecule has 1 atom stereocenters. The van der Waals surface area contributed by atoms with Crippen molar-refractivity contribution >= 4 is 98.0 Å². The summed E-state index contributed by atoms with van der Waals surface area (Å²) in [6, 6.07) is 10.5. The molecule has 1 unspecified atom stereocenters. The van der Waals surface area contributed by atoms with Gasteiger partial charge in [0, 0.05) is 33.1 Å². The Kier molecular flexibility index (Phi) is 9.09. The first-order valence-corrected chi connectivity index (χ1v) is 17.9. The second kappa shape index (κ2) is 10.4. The van der Waals surface area contributed by atoms with E-state index in [2.05, 4.69) is 164 Å². The average Bonchev–Trinajstić information content (AvgIpc) is 3.03. The second-order valence-corrected chi connectivity index (χ2v) is 22.9. The van der Waals surface area contributed by atoms with Crippen molar-refractivity contribution in [2.45, 2.75) is 81.7 Å². The summed E-state index contributed by atoms with van der Waals surface area (Å²) in [5, 5.41) is 0. The summed E-state index contributed by atoms with van der Waals surface area (Å²) in [6.45, 7) is 17.5. The highest BCUT2D eigenvalue weighted by atomic mass is 127. The fourth-order valence-electron chi connectivity index (χ4n) is 4.04. The molecule has 0 spiro atoms. The lowest BCUT2D eigenvalue weighted by atomic mass is 9.78. The maximum atomic E-state index is 14.2. The van der Waals surface area contributed by atoms with Crippen LogP contribution in [-0.4, -0.2) is 3.86 Å². The standard InChI is InChI=1S/C26H33I4O3P/c1-15-12-18(25(5,6)22(27)28)21(19(13-15)26(7,8)23(29)30)33-34(31)14-16-10-9-11-17(20(16)32-34)24(2,3)4/h9-13,22-23H,14H2,1-8H3. The minimum atomic E-state index is -3.45. The molecule has 0 saturated carbocycles. The molecular formula is C26H33I4O3P. The number of alkyl halides is 4. The van der Waals surface area contributed by atoms with Crippen molar-refractivity contribution < 1.29 is 13.6 Å². The molecule has 2 aromatic carbocycles. The van der Waals surface area contributed by atoms with Gasteiger partial charge in [-0.15, -0.1) is 0 Å². The molecule has 0 amide bonds. The Morgan fingerprint density at radius 2 is 1.38 bits per heavy atom. The van der Waals surface area contributed by atoms with Crippen LogP contribution in [0.5, 0.6) is 11.5 Å². The van der Waals surface area contributed by atoms with Crippen molar-refractivity contribution in [1.82, 2.24) is 0 Å². The van der Waals surface area contributed by atoms with E-state index in [0.717, 1.165) is 33.8 Å². The lowest BCUT2D eigenvalue weighted by Crippen LogP contribution is -2.30. The molecule has 8 heteroatoms. The van der Waals surface area contributed by atoms with Crippen molar-refractivity contribution in [3.05, 3.63) is 58.1 Å². The van der Waals surface area contributed by atoms with E-state index < -0.39 is 7.60 Å². The molecule has 188 valence electrons. The van der Waals surface area contributed by atoms with Crippen LogP contribution in [-0.2, 0) is 27.0 Å². The molecule has 3 rings (SSSR count). The van der Waals surface area contributed by atoms with E-state index in [9.17, 15) is 4.57 Å². The number of rotatable bonds is 6. The van der Waals surface area contributed by atoms with E-state index in [-0.39, 0.29) is 22.4 Å². The molecule has 0 fully saturated rings. The number of fused-ring (bicyclic) bond motifs is 1. The first-order chi connectivity index (χ1) is 15.4. The smallest absolute Gasteiger partial charge is 0.415 e. The number of benzene rings is 2. The zero-order chi connectivity index (χ0) is 25.9. The number of halogens is 4. The molecule has 0 bridgehead atoms. The fourth-order valence-corrected chi connectivity index (χ4v) is 7.18. The van der Waals surface area contributed by atoms with Crippen LogP contribution in [0.15, 0.2) is 30.3 Å². The lowest BCUT2D eigenvalue weighted by molar-refractivity contribution is 0.381. The average molecular weight is 932 g/mol. The summed E-state index contributed by atoms with van der Waals surface area (Å²) in [5.74, 6) is 1.46. The van der Waals surface area contributed by atoms with Gasteiger partial charge in [-0.05, 0) is 12.3 Å². The predicted molar refractivity (Wildman–Crippen MR) is 179 cm³/mol. The predicted octanol–water partition coefficient (Wildman–Crippen LogP) is 10.4. The number of aryl methyl sites for hydroxylation is 1. The molecule has 0 aliphatic carbocycles. The lowest BCUT2D eigenvalue weighted by Gasteiger charge is -2.36. The monoisotopic (exact) mass is 932 g/mol. The molecule has 1 heterocycles. The van der Waals surface area contributed by atoms with Gasteiger partial charge in [0.15, 0.2) is 0 Å². The van der Waals surface area contributed by atoms with Gasteiger partial charge < -0.3 is 9.05 Å². The van der Waals surface area contributed by atoms with E-state index in [0.29, 0.717) is 3.86 Å². The SMILES string of the molecule is Cc1cc(C(C)(C)C(I)I)c(OP2(=O)Cc3cccc(C(C)(C)C)c3O2)c(C(C)(C)C(I)I)c1. The number of para-hydroxylation sites is 1. The van der Waals surface area contributed by atoms with Crippen molar-refractivity contribution in [3.8, 4) is 11.5 Å². The van der Waals surface area contributed by atoms with Gasteiger partial charge >= 0.3 is 7.60 Å². The Bertz CT molecular complexity index is 1090. The van der Waals surface area contributed by atoms with Crippen LogP contribution in [0.1, 0.15) is 76.3 Å². The topological polar surface area (TPSA) is 35.5 Å². The Hall–Kier alpha value is 1.19. The van der Waals surface area contributed by atoms with E-state index in [1.807, 2.05) is 12.1 Å². The van der Waals surface area contributed by atoms with Gasteiger partial charge in [-0.3, -0.25) is 0 Å². The van der Waals surface area contributed by atoms with Gasteiger partial charge in [-0.2, -0.15) is 0 Å². The Labute approximate surface area is 259 Å². The molecule has 0 N–H and O–H groups in total. The zero-order valence-corrected chi connectivity index (χ0v) is 30.5. The van der Waals surface area contributed by atoms with Gasteiger partial charge in [-0.25, -0.2) is 4.57 Å². The number of hydrogen-bond donors (Lipinski definition) is 0. The van der Waals surface area contributed by atoms with Crippen LogP contribution in [0.3, 0.4) is 0 Å². The molecule has 1 aliphatic heterocycles. The molecule has 2 aromatic rings. The number of hydrogen-bond acceptors (Lipinski definition) is 3. The maximum absolute atomic E-state index is 14.2. The minimum Gasteiger partial charge on any atom is -0.415 e. The van der Waals surface area contributed by atoms with E-state index in [4.69, 9.17) is 9.05 Å². The zero-order valence-electron chi connectivity index (χ0n) is 20.9. The van der Waals surface area contributed by atoms with Crippen LogP contribution in [0.4, 0.5) is 0 Å². The minimum absolute atomic E-state index is 0.115. The van der Waals surface area contributed by atoms with Crippen LogP contribution < -0.4 is 9.05 Å². The highest BCUT2D eigenvalue weighted by Crippen LogP contribution is 2.62. The summed E-state index contributed by atoms with van der Waals surface area (Å²) in [5.41, 5.74) is 4.89. The first-order valence-electron chi connectivity index (χ1n) is 11.2. The normalized spacial score (nSPS) is 18.9. The molecular weight excluding hydrogens is 899 g/mol. The van der Waals surface area contributed by atoms with Gasteiger partial charge in [0.25, 0.3) is 0 Å². The highest BCUT2D eigenvalue weighted by molar-refractivity contribution is 14.2. The molecule has 3 nitrogen and oxygen atoms in total. The van der Waals surface area contributed by atoms with Gasteiger partial charge in [-0.1, -0.05) is 175 Å². The van der Waals surface area contributed by atoms with Gasteiger partial charge in [0.2, 0.25) is 0 Å². The van der Waals surface area contributed by atoms with Gasteiger partial charge in [0.1, 0.15) is 17.7 Å². The van der Waals surface area contributed by atoms with Crippen LogP contribution >= 0.6 is 98.0 Å². The summed E-state index contributed by atoms with van der Waals surface area (Å²) < 4.78 is 27.8. The molecule has 34 heavy (non-hydrogen) atoms. The van der Waals surface area contributed by atoms with Crippen LogP contribution in [0.2, 0.25) is 0 Å². The summed E-state index contributed by atoms with van der Waals surface area (Å²) in [4.78, 5) is 0. The molecule has 1 aliphatic rings. The summed E-state index contributed by atoms with van der Waals surface area (Å²) in [6.07, 6.45) is 0.287. The van der Waals surface area contributed by atoms with E-state index in [1.54, 1.807) is 0 Å². The molecule has 0 aromatic heterocycles. The summed E-state index contributed by atoms with van der Waals surface area (Å²) >= 11 is 9.89. The van der Waals surface area contributed by atoms with Crippen molar-refractivity contribution in [2.75, 3.05) is 0 Å². The Morgan fingerprint density at radius 3 is 1.82 bits per heavy atom. The summed E-state index contributed by atoms with van der Waals surface area (Å²) in [7, 11) is -3.45. The van der Waals surface area contributed by atoms with Crippen molar-refractivity contribution in [3.63, 3.8) is 0 Å². The fraction of sp³-hybridized carbons (Fsp3) is 0.538. The third kappa shape index (κ3) is 5.92. The maximum Gasteiger partial charge on any atom is 0.435 e. The third-order valence-corrected chi connectivity index (χ3v) is 14.3. The van der Waals surface area contributed by atoms with E-state index >= 15 is 0 Å². The largest absolute Gasteiger partial charge is 0.435 e. The quantitative estimate of drug-likeness (QED) is 0.165. The van der Waals surface area contributed by atoms with Gasteiger partial charge in [0.05, 0.1) is 3.86 Å². The van der Waals surface area contributed by atoms with Crippen LogP contribution in [0.25, 0.3) is 0 Å². The Balaban J connectivity index is 2.20. The Morgan fingerprint density at radius 1 is 0.882 bits per heavy atom. The van der Waals surface area contributed by atoms with Crippen LogP contribution in [0, 0.1) is 6.92 Å². The van der Waals surface area contributed by atoms with Crippen molar-refractivity contribution in [1.29, 1.82) is 0 Å².